The average Bonchev–Trinajstić information content (AvgIpc) is 2.39. The number of rotatable bonds is 3. The van der Waals surface area contributed by atoms with E-state index in [1.54, 1.807) is 17.5 Å². The molecule has 1 heterocycles. The Bertz CT molecular complexity index is 233. The highest BCUT2D eigenvalue weighted by atomic mass is 32.1. The summed E-state index contributed by atoms with van der Waals surface area (Å²) in [4.78, 5) is 14.7. The molecule has 0 saturated carbocycles. The summed E-state index contributed by atoms with van der Waals surface area (Å²) >= 11 is 1.55. The maximum absolute atomic E-state index is 10.6. The number of amides is 1. The number of hydrogen-bond donors (Lipinski definition) is 1. The van der Waals surface area contributed by atoms with Crippen molar-refractivity contribution in [2.75, 3.05) is 0 Å². The third-order valence-electron chi connectivity index (χ3n) is 1.45. The summed E-state index contributed by atoms with van der Waals surface area (Å²) in [5.41, 5.74) is 5.09. The summed E-state index contributed by atoms with van der Waals surface area (Å²) in [5.74, 6) is -0.374. The van der Waals surface area contributed by atoms with Crippen LogP contribution in [0.1, 0.15) is 11.9 Å². The highest BCUT2D eigenvalue weighted by molar-refractivity contribution is 7.09. The van der Waals surface area contributed by atoms with Gasteiger partial charge in [-0.05, 0) is 0 Å². The molecule has 0 radical (unpaired) electrons. The van der Waals surface area contributed by atoms with Crippen molar-refractivity contribution in [1.82, 2.24) is 4.98 Å². The second-order valence-electron chi connectivity index (χ2n) is 2.43. The number of nitrogens with zero attached hydrogens (tertiary/aromatic N) is 1. The van der Waals surface area contributed by atoms with Crippen LogP contribution in [0.2, 0.25) is 0 Å². The van der Waals surface area contributed by atoms with Gasteiger partial charge in [0.25, 0.3) is 0 Å². The third-order valence-corrected chi connectivity index (χ3v) is 2.25. The smallest absolute Gasteiger partial charge is 0.220 e. The van der Waals surface area contributed by atoms with Gasteiger partial charge in [-0.1, -0.05) is 6.92 Å². The molecule has 11 heavy (non-hydrogen) atoms. The van der Waals surface area contributed by atoms with Crippen LogP contribution < -0.4 is 5.73 Å². The van der Waals surface area contributed by atoms with Gasteiger partial charge in [0.1, 0.15) is 0 Å². The van der Waals surface area contributed by atoms with Crippen molar-refractivity contribution in [3.63, 3.8) is 0 Å². The number of primary amides is 1. The number of carbonyl (C=O) groups is 1. The Balaban J connectivity index is 2.50. The number of thiazole rings is 1. The van der Waals surface area contributed by atoms with Gasteiger partial charge in [0.05, 0.1) is 5.01 Å². The van der Waals surface area contributed by atoms with Gasteiger partial charge in [-0.25, -0.2) is 4.98 Å². The number of nitrogens with two attached hydrogens (primary N) is 1. The van der Waals surface area contributed by atoms with Crippen LogP contribution in [0.25, 0.3) is 0 Å². The minimum absolute atomic E-state index is 0.110. The number of aromatic nitrogens is 1. The molecule has 60 valence electrons. The average molecular weight is 170 g/mol. The maximum Gasteiger partial charge on any atom is 0.220 e. The molecule has 0 aliphatic heterocycles. The number of hydrogen-bond acceptors (Lipinski definition) is 3. The Hall–Kier alpha value is -0.900. The van der Waals surface area contributed by atoms with Crippen molar-refractivity contribution in [3.05, 3.63) is 16.6 Å². The summed E-state index contributed by atoms with van der Waals surface area (Å²) < 4.78 is 0. The lowest BCUT2D eigenvalue weighted by Gasteiger charge is -2.02. The first-order chi connectivity index (χ1) is 5.20. The van der Waals surface area contributed by atoms with Gasteiger partial charge in [0.2, 0.25) is 5.91 Å². The van der Waals surface area contributed by atoms with Crippen LogP contribution >= 0.6 is 11.3 Å². The monoisotopic (exact) mass is 170 g/mol. The fourth-order valence-corrected chi connectivity index (χ4v) is 1.46. The van der Waals surface area contributed by atoms with Crippen LogP contribution in [0.4, 0.5) is 0 Å². The predicted molar refractivity (Wildman–Crippen MR) is 44.2 cm³/mol. The van der Waals surface area contributed by atoms with Crippen molar-refractivity contribution in [3.8, 4) is 0 Å². The number of carbonyl (C=O) groups excluding carboxylic acids is 1. The van der Waals surface area contributed by atoms with Crippen molar-refractivity contribution >= 4 is 17.2 Å². The topological polar surface area (TPSA) is 56.0 Å². The first-order valence-corrected chi connectivity index (χ1v) is 4.26. The minimum atomic E-state index is -0.264. The van der Waals surface area contributed by atoms with Crippen LogP contribution in [0.15, 0.2) is 11.6 Å². The fraction of sp³-hybridized carbons (Fsp3) is 0.429. The summed E-state index contributed by atoms with van der Waals surface area (Å²) in [5, 5.41) is 2.86. The molecule has 4 heteroatoms. The Labute approximate surface area is 69.3 Å². The second kappa shape index (κ2) is 3.48. The standard InChI is InChI=1S/C7H10N2OS/c1-5(7(8)10)4-6-9-2-3-11-6/h2-3,5H,4H2,1H3,(H2,8,10). The van der Waals surface area contributed by atoms with Crippen molar-refractivity contribution in [2.45, 2.75) is 13.3 Å². The second-order valence-corrected chi connectivity index (χ2v) is 3.41. The highest BCUT2D eigenvalue weighted by Crippen LogP contribution is 2.10. The Morgan fingerprint density at radius 2 is 2.64 bits per heavy atom. The van der Waals surface area contributed by atoms with Crippen molar-refractivity contribution in [2.24, 2.45) is 11.7 Å². The first-order valence-electron chi connectivity index (χ1n) is 3.38. The molecule has 1 aromatic rings. The SMILES string of the molecule is CC(Cc1nccs1)C(N)=O. The molecular weight excluding hydrogens is 160 g/mol. The van der Waals surface area contributed by atoms with Crippen LogP contribution in [-0.4, -0.2) is 10.9 Å². The van der Waals surface area contributed by atoms with E-state index in [1.807, 2.05) is 12.3 Å². The Morgan fingerprint density at radius 1 is 1.91 bits per heavy atom. The van der Waals surface area contributed by atoms with Crippen LogP contribution in [0.3, 0.4) is 0 Å². The lowest BCUT2D eigenvalue weighted by Crippen LogP contribution is -2.22. The largest absolute Gasteiger partial charge is 0.369 e. The predicted octanol–water partition coefficient (Wildman–Crippen LogP) is 0.807. The van der Waals surface area contributed by atoms with E-state index in [1.165, 1.54) is 0 Å². The zero-order valence-electron chi connectivity index (χ0n) is 6.28. The van der Waals surface area contributed by atoms with E-state index in [9.17, 15) is 4.79 Å². The quantitative estimate of drug-likeness (QED) is 0.729. The van der Waals surface area contributed by atoms with E-state index in [-0.39, 0.29) is 11.8 Å². The first kappa shape index (κ1) is 8.20. The summed E-state index contributed by atoms with van der Waals surface area (Å²) in [6.07, 6.45) is 2.39. The van der Waals surface area contributed by atoms with Gasteiger partial charge < -0.3 is 5.73 Å². The van der Waals surface area contributed by atoms with E-state index in [0.29, 0.717) is 6.42 Å². The summed E-state index contributed by atoms with van der Waals surface area (Å²) in [6.45, 7) is 1.81. The van der Waals surface area contributed by atoms with Crippen LogP contribution in [0.5, 0.6) is 0 Å². The zero-order valence-corrected chi connectivity index (χ0v) is 7.10. The van der Waals surface area contributed by atoms with E-state index in [0.717, 1.165) is 5.01 Å². The van der Waals surface area contributed by atoms with Crippen molar-refractivity contribution in [1.29, 1.82) is 0 Å². The van der Waals surface area contributed by atoms with Gasteiger partial charge in [-0.2, -0.15) is 0 Å². The zero-order chi connectivity index (χ0) is 8.27. The van der Waals surface area contributed by atoms with Gasteiger partial charge >= 0.3 is 0 Å². The minimum Gasteiger partial charge on any atom is -0.369 e. The van der Waals surface area contributed by atoms with Crippen LogP contribution in [0, 0.1) is 5.92 Å². The van der Waals surface area contributed by atoms with E-state index < -0.39 is 0 Å². The molecule has 3 nitrogen and oxygen atoms in total. The molecule has 0 saturated heterocycles. The molecule has 0 fully saturated rings. The van der Waals surface area contributed by atoms with E-state index in [4.69, 9.17) is 5.73 Å². The normalized spacial score (nSPS) is 12.8. The van der Waals surface area contributed by atoms with Crippen molar-refractivity contribution < 1.29 is 4.79 Å². The lowest BCUT2D eigenvalue weighted by molar-refractivity contribution is -0.121. The van der Waals surface area contributed by atoms with Crippen LogP contribution in [-0.2, 0) is 11.2 Å². The Kier molecular flexibility index (Phi) is 2.59. The molecular formula is C7H10N2OS. The molecule has 0 aromatic carbocycles. The molecule has 1 unspecified atom stereocenters. The third kappa shape index (κ3) is 2.31. The molecule has 0 bridgehead atoms. The lowest BCUT2D eigenvalue weighted by atomic mass is 10.1. The fourth-order valence-electron chi connectivity index (χ4n) is 0.716. The van der Waals surface area contributed by atoms with Gasteiger partial charge in [-0.15, -0.1) is 11.3 Å². The van der Waals surface area contributed by atoms with E-state index >= 15 is 0 Å². The maximum atomic E-state index is 10.6. The molecule has 0 aliphatic rings. The molecule has 0 aliphatic carbocycles. The molecule has 2 N–H and O–H groups in total. The molecule has 1 rings (SSSR count). The molecule has 0 spiro atoms. The van der Waals surface area contributed by atoms with Gasteiger partial charge in [0, 0.05) is 23.9 Å². The molecule has 1 aromatic heterocycles. The van der Waals surface area contributed by atoms with Gasteiger partial charge in [0.15, 0.2) is 0 Å². The Morgan fingerprint density at radius 3 is 3.09 bits per heavy atom. The summed E-state index contributed by atoms with van der Waals surface area (Å²) in [6, 6.07) is 0. The summed E-state index contributed by atoms with van der Waals surface area (Å²) in [7, 11) is 0. The highest BCUT2D eigenvalue weighted by Gasteiger charge is 2.10. The molecule has 1 atom stereocenters. The van der Waals surface area contributed by atoms with Gasteiger partial charge in [-0.3, -0.25) is 4.79 Å². The molecule has 1 amide bonds. The van der Waals surface area contributed by atoms with E-state index in [2.05, 4.69) is 4.98 Å².